The number of sulfonamides is 1. The molecule has 1 amide bonds. The molecule has 30 heavy (non-hydrogen) atoms. The summed E-state index contributed by atoms with van der Waals surface area (Å²) in [6.45, 7) is 1.81. The van der Waals surface area contributed by atoms with Gasteiger partial charge < -0.3 is 5.32 Å². The molecule has 0 aliphatic rings. The molecule has 3 rings (SSSR count). The lowest BCUT2D eigenvalue weighted by atomic mass is 10.1. The molecule has 156 valence electrons. The monoisotopic (exact) mass is 462 g/mol. The topological polar surface area (TPSA) is 75.3 Å². The Morgan fingerprint density at radius 3 is 2.20 bits per heavy atom. The van der Waals surface area contributed by atoms with E-state index in [1.54, 1.807) is 18.2 Å². The molecule has 0 fully saturated rings. The van der Waals surface area contributed by atoms with E-state index < -0.39 is 22.0 Å². The fraction of sp³-hybridized carbons (Fsp3) is 0.136. The predicted molar refractivity (Wildman–Crippen MR) is 121 cm³/mol. The molecular weight excluding hydrogens is 443 g/mol. The molecule has 3 aromatic carbocycles. The van der Waals surface area contributed by atoms with Gasteiger partial charge in [-0.25, -0.2) is 8.42 Å². The third-order valence-corrected chi connectivity index (χ3v) is 6.44. The van der Waals surface area contributed by atoms with Gasteiger partial charge in [-0.2, -0.15) is 4.72 Å². The maximum absolute atomic E-state index is 13.0. The summed E-state index contributed by atoms with van der Waals surface area (Å²) >= 11 is 11.8. The summed E-state index contributed by atoms with van der Waals surface area (Å²) in [4.78, 5) is 13.1. The molecule has 0 saturated carbocycles. The van der Waals surface area contributed by atoms with E-state index in [-0.39, 0.29) is 11.3 Å². The zero-order chi connectivity index (χ0) is 21.7. The average molecular weight is 463 g/mol. The lowest BCUT2D eigenvalue weighted by molar-refractivity contribution is -0.117. The molecule has 1 unspecified atom stereocenters. The van der Waals surface area contributed by atoms with Crippen molar-refractivity contribution in [1.82, 2.24) is 4.72 Å². The third kappa shape index (κ3) is 5.83. The van der Waals surface area contributed by atoms with E-state index in [0.29, 0.717) is 15.7 Å². The molecule has 5 nitrogen and oxygen atoms in total. The van der Waals surface area contributed by atoms with Gasteiger partial charge >= 0.3 is 0 Å². The molecular formula is C22H20Cl2N2O3S. The predicted octanol–water partition coefficient (Wildman–Crippen LogP) is 4.83. The van der Waals surface area contributed by atoms with Crippen LogP contribution < -0.4 is 10.0 Å². The van der Waals surface area contributed by atoms with Crippen LogP contribution in [0.25, 0.3) is 0 Å². The summed E-state index contributed by atoms with van der Waals surface area (Å²) in [6.07, 6.45) is 0.187. The van der Waals surface area contributed by atoms with Crippen molar-refractivity contribution >= 4 is 44.8 Å². The highest BCUT2D eigenvalue weighted by Gasteiger charge is 2.26. The van der Waals surface area contributed by atoms with Crippen LogP contribution in [0.2, 0.25) is 10.0 Å². The molecule has 0 aliphatic heterocycles. The van der Waals surface area contributed by atoms with Gasteiger partial charge in [0.15, 0.2) is 0 Å². The van der Waals surface area contributed by atoms with E-state index in [4.69, 9.17) is 23.2 Å². The molecule has 0 bridgehead atoms. The summed E-state index contributed by atoms with van der Waals surface area (Å²) in [5.41, 5.74) is 2.16. The van der Waals surface area contributed by atoms with Crippen molar-refractivity contribution in [1.29, 1.82) is 0 Å². The van der Waals surface area contributed by atoms with Crippen molar-refractivity contribution < 1.29 is 13.2 Å². The Morgan fingerprint density at radius 2 is 1.57 bits per heavy atom. The van der Waals surface area contributed by atoms with Gasteiger partial charge in [0.1, 0.15) is 6.04 Å². The quantitative estimate of drug-likeness (QED) is 0.527. The van der Waals surface area contributed by atoms with Crippen LogP contribution in [0, 0.1) is 6.92 Å². The number of carbonyl (C=O) groups excluding carboxylic acids is 1. The van der Waals surface area contributed by atoms with E-state index in [0.717, 1.165) is 11.1 Å². The summed E-state index contributed by atoms with van der Waals surface area (Å²) < 4.78 is 28.2. The molecule has 0 saturated heterocycles. The second-order valence-electron chi connectivity index (χ2n) is 6.77. The van der Waals surface area contributed by atoms with Gasteiger partial charge in [-0.3, -0.25) is 4.79 Å². The Balaban J connectivity index is 1.87. The number of anilines is 1. The fourth-order valence-electron chi connectivity index (χ4n) is 2.89. The van der Waals surface area contributed by atoms with Gasteiger partial charge in [0.25, 0.3) is 0 Å². The third-order valence-electron chi connectivity index (χ3n) is 4.47. The number of benzene rings is 3. The van der Waals surface area contributed by atoms with Crippen molar-refractivity contribution in [3.8, 4) is 0 Å². The van der Waals surface area contributed by atoms with Crippen LogP contribution in [-0.4, -0.2) is 20.4 Å². The minimum absolute atomic E-state index is 0.0282. The van der Waals surface area contributed by atoms with Crippen LogP contribution in [0.5, 0.6) is 0 Å². The molecule has 3 aromatic rings. The van der Waals surface area contributed by atoms with Crippen LogP contribution in [0.15, 0.2) is 77.7 Å². The minimum Gasteiger partial charge on any atom is -0.324 e. The molecule has 2 N–H and O–H groups in total. The van der Waals surface area contributed by atoms with Gasteiger partial charge in [-0.15, -0.1) is 0 Å². The highest BCUT2D eigenvalue weighted by atomic mass is 35.5. The van der Waals surface area contributed by atoms with Crippen LogP contribution in [-0.2, 0) is 21.2 Å². The van der Waals surface area contributed by atoms with Crippen LogP contribution >= 0.6 is 23.2 Å². The number of carbonyl (C=O) groups is 1. The van der Waals surface area contributed by atoms with Crippen molar-refractivity contribution in [2.75, 3.05) is 5.32 Å². The highest BCUT2D eigenvalue weighted by Crippen LogP contribution is 2.21. The summed E-state index contributed by atoms with van der Waals surface area (Å²) in [6, 6.07) is 19.0. The lowest BCUT2D eigenvalue weighted by Gasteiger charge is -2.19. The second-order valence-corrected chi connectivity index (χ2v) is 9.35. The maximum atomic E-state index is 13.0. The Labute approximate surface area is 186 Å². The van der Waals surface area contributed by atoms with Crippen molar-refractivity contribution in [2.24, 2.45) is 0 Å². The second kappa shape index (κ2) is 9.62. The van der Waals surface area contributed by atoms with E-state index in [1.807, 2.05) is 37.3 Å². The first-order valence-electron chi connectivity index (χ1n) is 9.13. The standard InChI is InChI=1S/C22H20Cl2N2O3S/c1-15-13-18(24)9-12-20(15)25-22(27)21(14-16-5-3-2-4-6-16)26-30(28,29)19-10-7-17(23)8-11-19/h2-13,21,26H,14H2,1H3,(H,25,27). The van der Waals surface area contributed by atoms with E-state index in [1.165, 1.54) is 24.3 Å². The van der Waals surface area contributed by atoms with Gasteiger partial charge in [0.2, 0.25) is 15.9 Å². The number of hydrogen-bond acceptors (Lipinski definition) is 3. The number of aryl methyl sites for hydroxylation is 1. The fourth-order valence-corrected chi connectivity index (χ4v) is 4.44. The molecule has 1 atom stereocenters. The zero-order valence-corrected chi connectivity index (χ0v) is 18.4. The lowest BCUT2D eigenvalue weighted by Crippen LogP contribution is -2.45. The van der Waals surface area contributed by atoms with E-state index in [9.17, 15) is 13.2 Å². The first-order chi connectivity index (χ1) is 14.2. The number of nitrogens with one attached hydrogen (secondary N) is 2. The van der Waals surface area contributed by atoms with Gasteiger partial charge in [0, 0.05) is 15.7 Å². The number of amides is 1. The number of rotatable bonds is 7. The average Bonchev–Trinajstić information content (AvgIpc) is 2.70. The Hall–Kier alpha value is -2.38. The van der Waals surface area contributed by atoms with Crippen LogP contribution in [0.3, 0.4) is 0 Å². The molecule has 0 aromatic heterocycles. The van der Waals surface area contributed by atoms with Crippen LogP contribution in [0.4, 0.5) is 5.69 Å². The first kappa shape index (κ1) is 22.3. The molecule has 0 heterocycles. The van der Waals surface area contributed by atoms with Crippen molar-refractivity contribution in [2.45, 2.75) is 24.3 Å². The smallest absolute Gasteiger partial charge is 0.242 e. The van der Waals surface area contributed by atoms with E-state index >= 15 is 0 Å². The Morgan fingerprint density at radius 1 is 0.933 bits per heavy atom. The molecule has 0 aliphatic carbocycles. The summed E-state index contributed by atoms with van der Waals surface area (Å²) in [5.74, 6) is -0.471. The summed E-state index contributed by atoms with van der Waals surface area (Å²) in [7, 11) is -3.94. The number of hydrogen-bond donors (Lipinski definition) is 2. The normalized spacial score (nSPS) is 12.4. The first-order valence-corrected chi connectivity index (χ1v) is 11.4. The number of halogens is 2. The summed E-state index contributed by atoms with van der Waals surface area (Å²) in [5, 5.41) is 3.77. The Kier molecular flexibility index (Phi) is 7.15. The zero-order valence-electron chi connectivity index (χ0n) is 16.1. The van der Waals surface area contributed by atoms with Crippen LogP contribution in [0.1, 0.15) is 11.1 Å². The van der Waals surface area contributed by atoms with E-state index in [2.05, 4.69) is 10.0 Å². The van der Waals surface area contributed by atoms with Crippen molar-refractivity contribution in [3.05, 3.63) is 94.0 Å². The highest BCUT2D eigenvalue weighted by molar-refractivity contribution is 7.89. The van der Waals surface area contributed by atoms with Gasteiger partial charge in [-0.1, -0.05) is 53.5 Å². The van der Waals surface area contributed by atoms with Crippen molar-refractivity contribution in [3.63, 3.8) is 0 Å². The van der Waals surface area contributed by atoms with Gasteiger partial charge in [-0.05, 0) is 66.9 Å². The minimum atomic E-state index is -3.94. The Bertz CT molecular complexity index is 1130. The largest absolute Gasteiger partial charge is 0.324 e. The SMILES string of the molecule is Cc1cc(Cl)ccc1NC(=O)C(Cc1ccccc1)NS(=O)(=O)c1ccc(Cl)cc1. The molecule has 8 heteroatoms. The maximum Gasteiger partial charge on any atom is 0.242 e. The molecule has 0 spiro atoms. The molecule has 0 radical (unpaired) electrons. The van der Waals surface area contributed by atoms with Gasteiger partial charge in [0.05, 0.1) is 4.90 Å².